The Labute approximate surface area is 96.7 Å². The molecule has 0 radical (unpaired) electrons. The lowest BCUT2D eigenvalue weighted by Crippen LogP contribution is -2.51. The predicted octanol–water partition coefficient (Wildman–Crippen LogP) is -1.03. The van der Waals surface area contributed by atoms with Crippen LogP contribution >= 0.6 is 0 Å². The van der Waals surface area contributed by atoms with Gasteiger partial charge in [0.05, 0.1) is 6.04 Å². The van der Waals surface area contributed by atoms with Gasteiger partial charge in [0.2, 0.25) is 5.91 Å². The second-order valence-electron chi connectivity index (χ2n) is 4.93. The van der Waals surface area contributed by atoms with Crippen molar-refractivity contribution in [2.75, 3.05) is 32.7 Å². The van der Waals surface area contributed by atoms with Crippen LogP contribution in [0.3, 0.4) is 0 Å². The number of nitrogens with zero attached hydrogens (tertiary/aromatic N) is 2. The normalized spacial score (nSPS) is 28.9. The number of carbonyl (C=O) groups excluding carboxylic acids is 1. The van der Waals surface area contributed by atoms with Crippen LogP contribution in [0.4, 0.5) is 0 Å². The molecule has 1 amide bonds. The number of nitrogens with two attached hydrogens (primary N) is 2. The van der Waals surface area contributed by atoms with E-state index in [1.807, 2.05) is 0 Å². The third kappa shape index (κ3) is 2.72. The van der Waals surface area contributed by atoms with Crippen LogP contribution in [0.15, 0.2) is 0 Å². The van der Waals surface area contributed by atoms with E-state index in [0.29, 0.717) is 6.42 Å². The minimum Gasteiger partial charge on any atom is -0.368 e. The molecule has 2 atom stereocenters. The Kier molecular flexibility index (Phi) is 3.78. The zero-order valence-corrected chi connectivity index (χ0v) is 9.77. The average Bonchev–Trinajstić information content (AvgIpc) is 2.72. The third-order valence-electron chi connectivity index (χ3n) is 3.79. The summed E-state index contributed by atoms with van der Waals surface area (Å²) >= 11 is 0. The molecule has 2 unspecified atom stereocenters. The Hall–Kier alpha value is -0.650. The lowest BCUT2D eigenvalue weighted by atomic mass is 10.1. The molecule has 2 aliphatic rings. The second-order valence-corrected chi connectivity index (χ2v) is 4.93. The van der Waals surface area contributed by atoms with Crippen molar-refractivity contribution in [2.45, 2.75) is 31.3 Å². The third-order valence-corrected chi connectivity index (χ3v) is 3.79. The first-order valence-electron chi connectivity index (χ1n) is 6.18. The van der Waals surface area contributed by atoms with Gasteiger partial charge in [-0.2, -0.15) is 0 Å². The van der Waals surface area contributed by atoms with Crippen LogP contribution in [0.5, 0.6) is 0 Å². The van der Waals surface area contributed by atoms with Crippen molar-refractivity contribution in [1.82, 2.24) is 9.80 Å². The van der Waals surface area contributed by atoms with Gasteiger partial charge in [0.25, 0.3) is 0 Å². The molecular weight excluding hydrogens is 204 g/mol. The molecule has 0 spiro atoms. The minimum atomic E-state index is -0.485. The summed E-state index contributed by atoms with van der Waals surface area (Å²) in [5, 5.41) is 0. The zero-order chi connectivity index (χ0) is 11.5. The number of fused-ring (bicyclic) bond motifs is 1. The van der Waals surface area contributed by atoms with Crippen LogP contribution in [0.1, 0.15) is 19.3 Å². The highest BCUT2D eigenvalue weighted by Gasteiger charge is 2.30. The second kappa shape index (κ2) is 5.12. The Bertz CT molecular complexity index is 258. The molecule has 5 nitrogen and oxygen atoms in total. The quantitative estimate of drug-likeness (QED) is 0.642. The van der Waals surface area contributed by atoms with Gasteiger partial charge < -0.3 is 16.4 Å². The van der Waals surface area contributed by atoms with E-state index in [9.17, 15) is 4.79 Å². The highest BCUT2D eigenvalue weighted by atomic mass is 16.1. The molecule has 2 heterocycles. The fraction of sp³-hybridized carbons (Fsp3) is 0.909. The van der Waals surface area contributed by atoms with Crippen molar-refractivity contribution in [3.8, 4) is 0 Å². The summed E-state index contributed by atoms with van der Waals surface area (Å²) in [6.45, 7) is 5.55. The van der Waals surface area contributed by atoms with Crippen LogP contribution in [-0.4, -0.2) is 60.5 Å². The summed E-state index contributed by atoms with van der Waals surface area (Å²) in [5.41, 5.74) is 10.8. The molecule has 0 saturated carbocycles. The maximum atomic E-state index is 10.8. The lowest BCUT2D eigenvalue weighted by Gasteiger charge is -2.37. The maximum Gasteiger partial charge on any atom is 0.234 e. The number of carbonyl (C=O) groups is 1. The molecule has 0 aromatic heterocycles. The van der Waals surface area contributed by atoms with Gasteiger partial charge in [-0.3, -0.25) is 9.69 Å². The number of hydrogen-bond acceptors (Lipinski definition) is 4. The Morgan fingerprint density at radius 1 is 1.38 bits per heavy atom. The number of rotatable bonds is 4. The number of piperazine rings is 1. The van der Waals surface area contributed by atoms with Gasteiger partial charge in [-0.1, -0.05) is 0 Å². The van der Waals surface area contributed by atoms with E-state index in [1.165, 1.54) is 19.4 Å². The Balaban J connectivity index is 1.73. The van der Waals surface area contributed by atoms with Gasteiger partial charge in [-0.25, -0.2) is 0 Å². The molecule has 2 saturated heterocycles. The molecule has 2 fully saturated rings. The van der Waals surface area contributed by atoms with Crippen molar-refractivity contribution in [3.63, 3.8) is 0 Å². The van der Waals surface area contributed by atoms with Gasteiger partial charge in [-0.15, -0.1) is 0 Å². The van der Waals surface area contributed by atoms with Crippen molar-refractivity contribution in [1.29, 1.82) is 0 Å². The van der Waals surface area contributed by atoms with E-state index in [1.54, 1.807) is 0 Å². The summed E-state index contributed by atoms with van der Waals surface area (Å²) in [7, 11) is 0. The van der Waals surface area contributed by atoms with Crippen molar-refractivity contribution >= 4 is 5.91 Å². The predicted molar refractivity (Wildman–Crippen MR) is 62.8 cm³/mol. The molecule has 2 rings (SSSR count). The fourth-order valence-electron chi connectivity index (χ4n) is 2.72. The van der Waals surface area contributed by atoms with E-state index in [-0.39, 0.29) is 5.91 Å². The van der Waals surface area contributed by atoms with E-state index in [4.69, 9.17) is 11.5 Å². The summed E-state index contributed by atoms with van der Waals surface area (Å²) < 4.78 is 0. The van der Waals surface area contributed by atoms with Gasteiger partial charge in [0.1, 0.15) is 0 Å². The van der Waals surface area contributed by atoms with Gasteiger partial charge >= 0.3 is 0 Å². The number of amides is 1. The van der Waals surface area contributed by atoms with E-state index in [0.717, 1.165) is 32.2 Å². The standard InChI is InChI=1S/C11H22N4O/c12-10(11(13)16)3-5-14-6-7-15-4-1-2-9(15)8-14/h9-10H,1-8,12H2,(H2,13,16). The molecule has 2 aliphatic heterocycles. The van der Waals surface area contributed by atoms with Crippen molar-refractivity contribution < 1.29 is 4.79 Å². The Morgan fingerprint density at radius 2 is 2.19 bits per heavy atom. The topological polar surface area (TPSA) is 75.6 Å². The zero-order valence-electron chi connectivity index (χ0n) is 9.77. The molecule has 5 heteroatoms. The SMILES string of the molecule is NC(=O)C(N)CCN1CCN2CCCC2C1. The molecule has 4 N–H and O–H groups in total. The molecular formula is C11H22N4O. The molecule has 0 aliphatic carbocycles. The molecule has 92 valence electrons. The van der Waals surface area contributed by atoms with Crippen LogP contribution in [0, 0.1) is 0 Å². The van der Waals surface area contributed by atoms with Crippen LogP contribution in [0.2, 0.25) is 0 Å². The van der Waals surface area contributed by atoms with E-state index in [2.05, 4.69) is 9.80 Å². The molecule has 0 aromatic carbocycles. The molecule has 0 aromatic rings. The average molecular weight is 226 g/mol. The molecule has 0 bridgehead atoms. The van der Waals surface area contributed by atoms with E-state index >= 15 is 0 Å². The van der Waals surface area contributed by atoms with Gasteiger partial charge in [0, 0.05) is 32.2 Å². The summed E-state index contributed by atoms with van der Waals surface area (Å²) in [4.78, 5) is 15.8. The lowest BCUT2D eigenvalue weighted by molar-refractivity contribution is -0.119. The minimum absolute atomic E-state index is 0.389. The number of primary amides is 1. The van der Waals surface area contributed by atoms with Crippen LogP contribution < -0.4 is 11.5 Å². The summed E-state index contributed by atoms with van der Waals surface area (Å²) in [6, 6.07) is 0.250. The summed E-state index contributed by atoms with van der Waals surface area (Å²) in [6.07, 6.45) is 3.33. The van der Waals surface area contributed by atoms with Gasteiger partial charge in [-0.05, 0) is 25.8 Å². The largest absolute Gasteiger partial charge is 0.368 e. The van der Waals surface area contributed by atoms with Crippen LogP contribution in [0.25, 0.3) is 0 Å². The first-order valence-corrected chi connectivity index (χ1v) is 6.18. The first kappa shape index (κ1) is 11.8. The van der Waals surface area contributed by atoms with Crippen molar-refractivity contribution in [2.24, 2.45) is 11.5 Å². The smallest absolute Gasteiger partial charge is 0.234 e. The van der Waals surface area contributed by atoms with Crippen molar-refractivity contribution in [3.05, 3.63) is 0 Å². The summed E-state index contributed by atoms with van der Waals surface area (Å²) in [5.74, 6) is -0.389. The molecule has 16 heavy (non-hydrogen) atoms. The fourth-order valence-corrected chi connectivity index (χ4v) is 2.72. The highest BCUT2D eigenvalue weighted by Crippen LogP contribution is 2.21. The van der Waals surface area contributed by atoms with Crippen LogP contribution in [-0.2, 0) is 4.79 Å². The monoisotopic (exact) mass is 226 g/mol. The number of hydrogen-bond donors (Lipinski definition) is 2. The highest BCUT2D eigenvalue weighted by molar-refractivity contribution is 5.79. The van der Waals surface area contributed by atoms with E-state index < -0.39 is 6.04 Å². The van der Waals surface area contributed by atoms with Gasteiger partial charge in [0.15, 0.2) is 0 Å². The first-order chi connectivity index (χ1) is 7.66. The maximum absolute atomic E-state index is 10.8. The Morgan fingerprint density at radius 3 is 2.94 bits per heavy atom.